The SMILES string of the molecule is Cc1cc(C)c2nc(N3CCCC3)c(CCCN3CCOCC3)cc2c1. The van der Waals surface area contributed by atoms with Crippen molar-refractivity contribution in [2.24, 2.45) is 0 Å². The van der Waals surface area contributed by atoms with Crippen LogP contribution in [0.3, 0.4) is 0 Å². The summed E-state index contributed by atoms with van der Waals surface area (Å²) in [6, 6.07) is 6.95. The van der Waals surface area contributed by atoms with Gasteiger partial charge in [0.25, 0.3) is 0 Å². The third-order valence-electron chi connectivity index (χ3n) is 5.74. The zero-order valence-electron chi connectivity index (χ0n) is 16.3. The maximum absolute atomic E-state index is 5.46. The van der Waals surface area contributed by atoms with Gasteiger partial charge in [0, 0.05) is 31.6 Å². The van der Waals surface area contributed by atoms with E-state index in [0.29, 0.717) is 0 Å². The van der Waals surface area contributed by atoms with Crippen LogP contribution in [0, 0.1) is 13.8 Å². The van der Waals surface area contributed by atoms with Crippen LogP contribution in [-0.4, -0.2) is 55.8 Å². The van der Waals surface area contributed by atoms with Gasteiger partial charge in [0.1, 0.15) is 5.82 Å². The fourth-order valence-electron chi connectivity index (χ4n) is 4.39. The molecule has 4 heteroatoms. The Morgan fingerprint density at radius 2 is 1.77 bits per heavy atom. The van der Waals surface area contributed by atoms with Crippen LogP contribution in [0.15, 0.2) is 18.2 Å². The molecule has 0 aliphatic carbocycles. The van der Waals surface area contributed by atoms with Gasteiger partial charge in [-0.05, 0) is 69.3 Å². The van der Waals surface area contributed by atoms with E-state index >= 15 is 0 Å². The van der Waals surface area contributed by atoms with Crippen LogP contribution in [0.4, 0.5) is 5.82 Å². The molecular weight excluding hydrogens is 322 g/mol. The molecule has 26 heavy (non-hydrogen) atoms. The summed E-state index contributed by atoms with van der Waals surface area (Å²) in [5.74, 6) is 1.24. The minimum Gasteiger partial charge on any atom is -0.379 e. The van der Waals surface area contributed by atoms with Crippen molar-refractivity contribution in [2.75, 3.05) is 50.8 Å². The zero-order valence-corrected chi connectivity index (χ0v) is 16.3. The van der Waals surface area contributed by atoms with Crippen molar-refractivity contribution >= 4 is 16.7 Å². The first-order valence-corrected chi connectivity index (χ1v) is 10.2. The highest BCUT2D eigenvalue weighted by atomic mass is 16.5. The number of anilines is 1. The molecule has 4 nitrogen and oxygen atoms in total. The maximum atomic E-state index is 5.46. The second-order valence-corrected chi connectivity index (χ2v) is 7.88. The molecule has 2 aliphatic heterocycles. The normalized spacial score (nSPS) is 18.8. The largest absolute Gasteiger partial charge is 0.379 e. The van der Waals surface area contributed by atoms with E-state index < -0.39 is 0 Å². The highest BCUT2D eigenvalue weighted by molar-refractivity contribution is 5.85. The molecule has 140 valence electrons. The smallest absolute Gasteiger partial charge is 0.132 e. The van der Waals surface area contributed by atoms with Gasteiger partial charge in [0.15, 0.2) is 0 Å². The molecule has 2 saturated heterocycles. The van der Waals surface area contributed by atoms with E-state index in [2.05, 4.69) is 41.8 Å². The Kier molecular flexibility index (Phi) is 5.41. The van der Waals surface area contributed by atoms with Gasteiger partial charge in [0.05, 0.1) is 18.7 Å². The van der Waals surface area contributed by atoms with Crippen molar-refractivity contribution in [2.45, 2.75) is 39.5 Å². The Morgan fingerprint density at radius 1 is 1.00 bits per heavy atom. The molecule has 3 heterocycles. The molecule has 0 amide bonds. The van der Waals surface area contributed by atoms with Crippen molar-refractivity contribution < 1.29 is 4.74 Å². The molecule has 2 aliphatic rings. The second-order valence-electron chi connectivity index (χ2n) is 7.88. The molecule has 1 aromatic carbocycles. The fraction of sp³-hybridized carbons (Fsp3) is 0.591. The van der Waals surface area contributed by atoms with Crippen molar-refractivity contribution in [1.29, 1.82) is 0 Å². The summed E-state index contributed by atoms with van der Waals surface area (Å²) in [6.07, 6.45) is 4.89. The zero-order chi connectivity index (χ0) is 17.9. The van der Waals surface area contributed by atoms with E-state index in [1.54, 1.807) is 0 Å². The predicted octanol–water partition coefficient (Wildman–Crippen LogP) is 3.72. The summed E-state index contributed by atoms with van der Waals surface area (Å²) >= 11 is 0. The van der Waals surface area contributed by atoms with Crippen LogP contribution < -0.4 is 4.90 Å². The lowest BCUT2D eigenvalue weighted by molar-refractivity contribution is 0.0375. The molecule has 2 fully saturated rings. The molecule has 1 aromatic heterocycles. The number of hydrogen-bond donors (Lipinski definition) is 0. The monoisotopic (exact) mass is 353 g/mol. The molecule has 0 saturated carbocycles. The van der Waals surface area contributed by atoms with Crippen LogP contribution in [0.2, 0.25) is 0 Å². The number of rotatable bonds is 5. The van der Waals surface area contributed by atoms with Gasteiger partial charge in [-0.15, -0.1) is 0 Å². The first-order chi connectivity index (χ1) is 12.7. The van der Waals surface area contributed by atoms with Crippen molar-refractivity contribution in [3.63, 3.8) is 0 Å². The molecular formula is C22H31N3O. The Labute approximate surface area is 157 Å². The van der Waals surface area contributed by atoms with E-state index in [9.17, 15) is 0 Å². The fourth-order valence-corrected chi connectivity index (χ4v) is 4.39. The third kappa shape index (κ3) is 3.86. The predicted molar refractivity (Wildman–Crippen MR) is 108 cm³/mol. The number of morpholine rings is 1. The molecule has 0 N–H and O–H groups in total. The van der Waals surface area contributed by atoms with Crippen LogP contribution >= 0.6 is 0 Å². The average molecular weight is 354 g/mol. The molecule has 0 bridgehead atoms. The van der Waals surface area contributed by atoms with E-state index in [1.807, 2.05) is 0 Å². The van der Waals surface area contributed by atoms with Crippen molar-refractivity contribution in [3.8, 4) is 0 Å². The lowest BCUT2D eigenvalue weighted by atomic mass is 10.0. The Balaban J connectivity index is 1.58. The highest BCUT2D eigenvalue weighted by Crippen LogP contribution is 2.29. The van der Waals surface area contributed by atoms with Crippen molar-refractivity contribution in [3.05, 3.63) is 34.9 Å². The number of nitrogens with zero attached hydrogens (tertiary/aromatic N) is 3. The number of pyridine rings is 1. The van der Waals surface area contributed by atoms with E-state index in [0.717, 1.165) is 52.4 Å². The number of ether oxygens (including phenoxy) is 1. The summed E-state index contributed by atoms with van der Waals surface area (Å²) in [6.45, 7) is 11.8. The molecule has 0 spiro atoms. The quantitative estimate of drug-likeness (QED) is 0.819. The summed E-state index contributed by atoms with van der Waals surface area (Å²) in [5.41, 5.74) is 5.22. The van der Waals surface area contributed by atoms with Crippen molar-refractivity contribution in [1.82, 2.24) is 9.88 Å². The van der Waals surface area contributed by atoms with Crippen LogP contribution in [0.1, 0.15) is 36.0 Å². The molecule has 0 radical (unpaired) electrons. The standard InChI is InChI=1S/C22H31N3O/c1-17-14-18(2)21-20(15-17)16-19(22(23-21)25-8-3-4-9-25)6-5-7-24-10-12-26-13-11-24/h14-16H,3-13H2,1-2H3. The maximum Gasteiger partial charge on any atom is 0.132 e. The number of hydrogen-bond acceptors (Lipinski definition) is 4. The van der Waals surface area contributed by atoms with Gasteiger partial charge in [-0.25, -0.2) is 4.98 Å². The van der Waals surface area contributed by atoms with Crippen LogP contribution in [-0.2, 0) is 11.2 Å². The Morgan fingerprint density at radius 3 is 2.54 bits per heavy atom. The van der Waals surface area contributed by atoms with E-state index in [-0.39, 0.29) is 0 Å². The molecule has 4 rings (SSSR count). The van der Waals surface area contributed by atoms with E-state index in [4.69, 9.17) is 9.72 Å². The average Bonchev–Trinajstić information content (AvgIpc) is 3.16. The molecule has 0 atom stereocenters. The third-order valence-corrected chi connectivity index (χ3v) is 5.74. The number of fused-ring (bicyclic) bond motifs is 1. The Bertz CT molecular complexity index is 762. The van der Waals surface area contributed by atoms with Crippen LogP contribution in [0.5, 0.6) is 0 Å². The second kappa shape index (κ2) is 7.93. The minimum atomic E-state index is 0.884. The summed E-state index contributed by atoms with van der Waals surface area (Å²) in [7, 11) is 0. The summed E-state index contributed by atoms with van der Waals surface area (Å²) in [5, 5.41) is 1.30. The van der Waals surface area contributed by atoms with Gasteiger partial charge >= 0.3 is 0 Å². The van der Waals surface area contributed by atoms with Gasteiger partial charge in [-0.2, -0.15) is 0 Å². The lowest BCUT2D eigenvalue weighted by Crippen LogP contribution is -2.37. The van der Waals surface area contributed by atoms with Gasteiger partial charge in [0.2, 0.25) is 0 Å². The molecule has 2 aromatic rings. The first-order valence-electron chi connectivity index (χ1n) is 10.2. The number of aryl methyl sites for hydroxylation is 3. The minimum absolute atomic E-state index is 0.884. The van der Waals surface area contributed by atoms with E-state index in [1.165, 1.54) is 52.7 Å². The van der Waals surface area contributed by atoms with Gasteiger partial charge < -0.3 is 9.64 Å². The summed E-state index contributed by atoms with van der Waals surface area (Å²) in [4.78, 5) is 10.2. The first kappa shape index (κ1) is 17.7. The number of benzene rings is 1. The summed E-state index contributed by atoms with van der Waals surface area (Å²) < 4.78 is 5.46. The van der Waals surface area contributed by atoms with Gasteiger partial charge in [-0.1, -0.05) is 11.6 Å². The highest BCUT2D eigenvalue weighted by Gasteiger charge is 2.19. The van der Waals surface area contributed by atoms with Crippen LogP contribution in [0.25, 0.3) is 10.9 Å². The lowest BCUT2D eigenvalue weighted by Gasteiger charge is -2.27. The topological polar surface area (TPSA) is 28.6 Å². The Hall–Kier alpha value is -1.65. The number of aromatic nitrogens is 1. The van der Waals surface area contributed by atoms with Gasteiger partial charge in [-0.3, -0.25) is 4.90 Å². The molecule has 0 unspecified atom stereocenters.